The lowest BCUT2D eigenvalue weighted by atomic mass is 10.2. The molecular formula is C12H19ClN4O. The van der Waals surface area contributed by atoms with E-state index in [4.69, 9.17) is 22.1 Å². The van der Waals surface area contributed by atoms with Crippen LogP contribution in [-0.2, 0) is 4.74 Å². The van der Waals surface area contributed by atoms with Crippen molar-refractivity contribution in [3.8, 4) is 0 Å². The molecule has 2 unspecified atom stereocenters. The molecule has 3 N–H and O–H groups in total. The van der Waals surface area contributed by atoms with Crippen molar-refractivity contribution in [1.82, 2.24) is 9.97 Å². The van der Waals surface area contributed by atoms with Crippen molar-refractivity contribution in [2.24, 2.45) is 0 Å². The quantitative estimate of drug-likeness (QED) is 0.823. The Morgan fingerprint density at radius 1 is 1.56 bits per heavy atom. The summed E-state index contributed by atoms with van der Waals surface area (Å²) in [6, 6.07) is 0.288. The number of hydrogen-bond acceptors (Lipinski definition) is 5. The summed E-state index contributed by atoms with van der Waals surface area (Å²) in [6.45, 7) is 4.92. The number of nitrogens with zero attached hydrogens (tertiary/aromatic N) is 2. The molecule has 2 atom stereocenters. The summed E-state index contributed by atoms with van der Waals surface area (Å²) in [4.78, 5) is 8.66. The van der Waals surface area contributed by atoms with Crippen LogP contribution < -0.4 is 11.1 Å². The minimum atomic E-state index is -0.0550. The van der Waals surface area contributed by atoms with Gasteiger partial charge in [0.15, 0.2) is 16.8 Å². The fraction of sp³-hybridized carbons (Fsp3) is 0.667. The largest absolute Gasteiger partial charge is 0.393 e. The number of nitrogens with one attached hydrogen (secondary N) is 1. The predicted octanol–water partition coefficient (Wildman–Crippen LogP) is 2.77. The molecule has 1 aromatic rings. The van der Waals surface area contributed by atoms with Gasteiger partial charge in [0, 0.05) is 12.6 Å². The lowest BCUT2D eigenvalue weighted by Gasteiger charge is -2.17. The summed E-state index contributed by atoms with van der Waals surface area (Å²) in [5.41, 5.74) is 6.29. The van der Waals surface area contributed by atoms with Crippen LogP contribution in [0.4, 0.5) is 11.5 Å². The summed E-state index contributed by atoms with van der Waals surface area (Å²) < 4.78 is 5.57. The Hall–Kier alpha value is -1.07. The van der Waals surface area contributed by atoms with Crippen LogP contribution >= 0.6 is 11.6 Å². The van der Waals surface area contributed by atoms with Crippen LogP contribution in [0.5, 0.6) is 0 Å². The van der Waals surface area contributed by atoms with E-state index in [1.54, 1.807) is 0 Å². The van der Waals surface area contributed by atoms with Crippen molar-refractivity contribution in [3.05, 3.63) is 11.0 Å². The minimum absolute atomic E-state index is 0.0550. The fourth-order valence-corrected chi connectivity index (χ4v) is 2.01. The third-order valence-corrected chi connectivity index (χ3v) is 3.42. The van der Waals surface area contributed by atoms with Crippen LogP contribution in [-0.4, -0.2) is 22.6 Å². The smallest absolute Gasteiger partial charge is 0.161 e. The highest BCUT2D eigenvalue weighted by Crippen LogP contribution is 2.31. The highest BCUT2D eigenvalue weighted by molar-refractivity contribution is 6.32. The second kappa shape index (κ2) is 5.71. The van der Waals surface area contributed by atoms with Gasteiger partial charge >= 0.3 is 0 Å². The summed E-state index contributed by atoms with van der Waals surface area (Å²) >= 11 is 6.05. The molecule has 1 aliphatic heterocycles. The van der Waals surface area contributed by atoms with Crippen molar-refractivity contribution in [1.29, 1.82) is 0 Å². The number of rotatable bonds is 4. The van der Waals surface area contributed by atoms with E-state index < -0.39 is 0 Å². The van der Waals surface area contributed by atoms with Crippen LogP contribution in [0.25, 0.3) is 0 Å². The highest BCUT2D eigenvalue weighted by Gasteiger charge is 2.23. The normalized spacial score (nSPS) is 20.9. The third kappa shape index (κ3) is 2.84. The van der Waals surface area contributed by atoms with Gasteiger partial charge in [0.05, 0.1) is 0 Å². The lowest BCUT2D eigenvalue weighted by Crippen LogP contribution is -2.18. The zero-order valence-corrected chi connectivity index (χ0v) is 11.5. The first-order valence-corrected chi connectivity index (χ1v) is 6.70. The summed E-state index contributed by atoms with van der Waals surface area (Å²) in [6.07, 6.45) is 2.89. The molecule has 0 spiro atoms. The molecule has 2 heterocycles. The van der Waals surface area contributed by atoms with E-state index in [0.29, 0.717) is 22.5 Å². The Morgan fingerprint density at radius 3 is 2.94 bits per heavy atom. The Kier molecular flexibility index (Phi) is 4.24. The van der Waals surface area contributed by atoms with Crippen LogP contribution in [0.15, 0.2) is 0 Å². The summed E-state index contributed by atoms with van der Waals surface area (Å²) in [7, 11) is 0. The lowest BCUT2D eigenvalue weighted by molar-refractivity contribution is 0.105. The van der Waals surface area contributed by atoms with E-state index in [2.05, 4.69) is 29.1 Å². The summed E-state index contributed by atoms with van der Waals surface area (Å²) in [5.74, 6) is 1.23. The molecule has 0 aliphatic carbocycles. The van der Waals surface area contributed by atoms with E-state index in [-0.39, 0.29) is 12.1 Å². The monoisotopic (exact) mass is 270 g/mol. The van der Waals surface area contributed by atoms with Gasteiger partial charge in [0.25, 0.3) is 0 Å². The molecule has 18 heavy (non-hydrogen) atoms. The number of halogens is 1. The van der Waals surface area contributed by atoms with Crippen LogP contribution in [0, 0.1) is 0 Å². The molecule has 1 aliphatic rings. The maximum absolute atomic E-state index is 6.05. The average molecular weight is 271 g/mol. The zero-order valence-electron chi connectivity index (χ0n) is 10.7. The average Bonchev–Trinajstić information content (AvgIpc) is 2.88. The van der Waals surface area contributed by atoms with E-state index in [9.17, 15) is 0 Å². The molecule has 2 rings (SSSR count). The van der Waals surface area contributed by atoms with Crippen molar-refractivity contribution in [2.75, 3.05) is 17.7 Å². The topological polar surface area (TPSA) is 73.1 Å². The molecule has 0 amide bonds. The number of anilines is 2. The Balaban J connectivity index is 2.27. The van der Waals surface area contributed by atoms with Gasteiger partial charge in [-0.05, 0) is 26.2 Å². The van der Waals surface area contributed by atoms with Gasteiger partial charge in [-0.1, -0.05) is 18.5 Å². The molecule has 0 bridgehead atoms. The van der Waals surface area contributed by atoms with Gasteiger partial charge in [0.1, 0.15) is 11.8 Å². The molecular weight excluding hydrogens is 252 g/mol. The second-order valence-corrected chi connectivity index (χ2v) is 4.95. The first-order valence-electron chi connectivity index (χ1n) is 6.32. The Morgan fingerprint density at radius 2 is 2.33 bits per heavy atom. The molecule has 0 aromatic carbocycles. The van der Waals surface area contributed by atoms with E-state index in [1.807, 2.05) is 0 Å². The van der Waals surface area contributed by atoms with Crippen LogP contribution in [0.3, 0.4) is 0 Å². The van der Waals surface area contributed by atoms with Gasteiger partial charge in [-0.25, -0.2) is 9.97 Å². The number of hydrogen-bond donors (Lipinski definition) is 2. The standard InChI is InChI=1S/C12H19ClN4O/c1-3-7(2)15-12-9(14)10(13)16-11(17-12)8-5-4-6-18-8/h7-8H,3-6,14H2,1-2H3,(H,15,16,17). The van der Waals surface area contributed by atoms with Crippen molar-refractivity contribution in [3.63, 3.8) is 0 Å². The number of ether oxygens (including phenoxy) is 1. The first kappa shape index (κ1) is 13.4. The van der Waals surface area contributed by atoms with Gasteiger partial charge < -0.3 is 15.8 Å². The van der Waals surface area contributed by atoms with Crippen molar-refractivity contribution >= 4 is 23.1 Å². The predicted molar refractivity (Wildman–Crippen MR) is 72.8 cm³/mol. The second-order valence-electron chi connectivity index (χ2n) is 4.59. The highest BCUT2D eigenvalue weighted by atomic mass is 35.5. The molecule has 1 fully saturated rings. The number of nitrogen functional groups attached to an aromatic ring is 1. The molecule has 0 saturated carbocycles. The van der Waals surface area contributed by atoms with Gasteiger partial charge in [-0.2, -0.15) is 0 Å². The molecule has 1 aromatic heterocycles. The summed E-state index contributed by atoms with van der Waals surface area (Å²) in [5, 5.41) is 3.54. The zero-order chi connectivity index (χ0) is 13.1. The maximum Gasteiger partial charge on any atom is 0.161 e. The van der Waals surface area contributed by atoms with E-state index in [0.717, 1.165) is 25.9 Å². The Labute approximate surface area is 112 Å². The number of nitrogens with two attached hydrogens (primary N) is 1. The van der Waals surface area contributed by atoms with E-state index >= 15 is 0 Å². The minimum Gasteiger partial charge on any atom is -0.393 e. The first-order chi connectivity index (χ1) is 8.61. The van der Waals surface area contributed by atoms with Crippen molar-refractivity contribution < 1.29 is 4.74 Å². The third-order valence-electron chi connectivity index (χ3n) is 3.13. The molecule has 0 radical (unpaired) electrons. The Bertz CT molecular complexity index is 421. The fourth-order valence-electron chi connectivity index (χ4n) is 1.83. The SMILES string of the molecule is CCC(C)Nc1nc(C2CCCO2)nc(Cl)c1N. The van der Waals surface area contributed by atoms with Gasteiger partial charge in [-0.3, -0.25) is 0 Å². The van der Waals surface area contributed by atoms with E-state index in [1.165, 1.54) is 0 Å². The molecule has 1 saturated heterocycles. The van der Waals surface area contributed by atoms with Crippen molar-refractivity contribution in [2.45, 2.75) is 45.3 Å². The van der Waals surface area contributed by atoms with Crippen LogP contribution in [0.1, 0.15) is 45.0 Å². The van der Waals surface area contributed by atoms with Gasteiger partial charge in [0.2, 0.25) is 0 Å². The maximum atomic E-state index is 6.05. The molecule has 6 heteroatoms. The van der Waals surface area contributed by atoms with Crippen LogP contribution in [0.2, 0.25) is 5.15 Å². The van der Waals surface area contributed by atoms with Gasteiger partial charge in [-0.15, -0.1) is 0 Å². The molecule has 5 nitrogen and oxygen atoms in total. The molecule has 100 valence electrons. The number of aromatic nitrogens is 2.